The van der Waals surface area contributed by atoms with E-state index in [1.54, 1.807) is 13.3 Å². The number of hydrogen-bond donors (Lipinski definition) is 0. The lowest BCUT2D eigenvalue weighted by molar-refractivity contribution is -0.150. The maximum absolute atomic E-state index is 13.2. The summed E-state index contributed by atoms with van der Waals surface area (Å²) in [6.45, 7) is 8.91. The van der Waals surface area contributed by atoms with E-state index in [0.29, 0.717) is 23.5 Å². The predicted octanol–water partition coefficient (Wildman–Crippen LogP) is 6.72. The standard InChI is InChI=1S/C25H33NO2.C2H6/c1-24-10-5-4-6-22(24)23(27)13-18-20-8-7-19(25(20,2)11-9-21(18)24)16-12-17(28-3)15-26-14-16;1-2/h7,12,14-15,18,20-22H,4-6,8-11,13H2,1-3H3;1-2H3. The summed E-state index contributed by atoms with van der Waals surface area (Å²) in [5.41, 5.74) is 3.05. The van der Waals surface area contributed by atoms with Crippen LogP contribution in [0.4, 0.5) is 0 Å². The Hall–Kier alpha value is -1.64. The first-order valence-corrected chi connectivity index (χ1v) is 12.2. The summed E-state index contributed by atoms with van der Waals surface area (Å²) in [4.78, 5) is 17.6. The molecule has 3 heteroatoms. The van der Waals surface area contributed by atoms with Gasteiger partial charge >= 0.3 is 0 Å². The second kappa shape index (κ2) is 8.13. The van der Waals surface area contributed by atoms with Crippen molar-refractivity contribution in [3.63, 3.8) is 0 Å². The fourth-order valence-electron chi connectivity index (χ4n) is 7.79. The maximum Gasteiger partial charge on any atom is 0.137 e. The van der Waals surface area contributed by atoms with E-state index in [0.717, 1.165) is 30.9 Å². The zero-order valence-electron chi connectivity index (χ0n) is 19.5. The third kappa shape index (κ3) is 3.15. The second-order valence-electron chi connectivity index (χ2n) is 10.3. The lowest BCUT2D eigenvalue weighted by Gasteiger charge is -2.59. The number of rotatable bonds is 2. The number of ether oxygens (including phenoxy) is 1. The number of carbonyl (C=O) groups excluding carboxylic acids is 1. The van der Waals surface area contributed by atoms with Crippen LogP contribution in [0.2, 0.25) is 0 Å². The van der Waals surface area contributed by atoms with Gasteiger partial charge in [-0.2, -0.15) is 0 Å². The Morgan fingerprint density at radius 1 is 1.07 bits per heavy atom. The molecule has 0 amide bonds. The van der Waals surface area contributed by atoms with Crippen molar-refractivity contribution in [2.24, 2.45) is 34.5 Å². The minimum atomic E-state index is 0.160. The van der Waals surface area contributed by atoms with Gasteiger partial charge in [-0.1, -0.05) is 46.6 Å². The summed E-state index contributed by atoms with van der Waals surface area (Å²) in [5, 5.41) is 0. The number of carbonyl (C=O) groups is 1. The van der Waals surface area contributed by atoms with E-state index in [4.69, 9.17) is 4.74 Å². The summed E-state index contributed by atoms with van der Waals surface area (Å²) in [5.74, 6) is 3.61. The summed E-state index contributed by atoms with van der Waals surface area (Å²) < 4.78 is 5.42. The number of allylic oxidation sites excluding steroid dienone is 2. The lowest BCUT2D eigenvalue weighted by atomic mass is 9.44. The Bertz CT molecular complexity index is 830. The second-order valence-corrected chi connectivity index (χ2v) is 10.3. The van der Waals surface area contributed by atoms with Gasteiger partial charge in [-0.15, -0.1) is 0 Å². The Balaban J connectivity index is 0.00000106. The first kappa shape index (κ1) is 21.6. The lowest BCUT2D eigenvalue weighted by Crippen LogP contribution is -2.55. The van der Waals surface area contributed by atoms with E-state index in [2.05, 4.69) is 31.0 Å². The highest BCUT2D eigenvalue weighted by Crippen LogP contribution is 2.66. The SMILES string of the molecule is CC.COc1cncc(C2=CCC3C4CC(=O)C5CCCCC5(C)C4CCC23C)c1. The molecule has 1 aromatic rings. The van der Waals surface area contributed by atoms with Crippen molar-refractivity contribution in [3.05, 3.63) is 30.1 Å². The zero-order chi connectivity index (χ0) is 21.5. The summed E-state index contributed by atoms with van der Waals surface area (Å²) in [6, 6.07) is 2.13. The highest BCUT2D eigenvalue weighted by molar-refractivity contribution is 5.84. The van der Waals surface area contributed by atoms with Gasteiger partial charge in [-0.25, -0.2) is 0 Å². The summed E-state index contributed by atoms with van der Waals surface area (Å²) >= 11 is 0. The van der Waals surface area contributed by atoms with Crippen LogP contribution in [0.5, 0.6) is 5.75 Å². The van der Waals surface area contributed by atoms with E-state index in [1.807, 2.05) is 20.0 Å². The van der Waals surface area contributed by atoms with Gasteiger partial charge in [0.2, 0.25) is 0 Å². The number of hydrogen-bond acceptors (Lipinski definition) is 3. The normalized spacial score (nSPS) is 39.6. The molecule has 6 unspecified atom stereocenters. The number of methoxy groups -OCH3 is 1. The third-order valence-corrected chi connectivity index (χ3v) is 9.20. The molecule has 0 aromatic carbocycles. The number of fused-ring (bicyclic) bond motifs is 5. The van der Waals surface area contributed by atoms with Crippen LogP contribution >= 0.6 is 0 Å². The monoisotopic (exact) mass is 409 g/mol. The molecule has 0 bridgehead atoms. The predicted molar refractivity (Wildman–Crippen MR) is 122 cm³/mol. The molecule has 0 aliphatic heterocycles. The van der Waals surface area contributed by atoms with Crippen molar-refractivity contribution in [3.8, 4) is 5.75 Å². The molecule has 6 atom stereocenters. The van der Waals surface area contributed by atoms with Gasteiger partial charge in [0.25, 0.3) is 0 Å². The van der Waals surface area contributed by atoms with Crippen LogP contribution in [0, 0.1) is 34.5 Å². The molecule has 164 valence electrons. The average Bonchev–Trinajstić information content (AvgIpc) is 3.12. The Labute approximate surface area is 182 Å². The third-order valence-electron chi connectivity index (χ3n) is 9.20. The zero-order valence-corrected chi connectivity index (χ0v) is 19.5. The van der Waals surface area contributed by atoms with Crippen LogP contribution in [0.15, 0.2) is 24.5 Å². The first-order valence-electron chi connectivity index (χ1n) is 12.2. The van der Waals surface area contributed by atoms with Crippen LogP contribution in [0.25, 0.3) is 5.57 Å². The van der Waals surface area contributed by atoms with Crippen molar-refractivity contribution >= 4 is 11.4 Å². The summed E-state index contributed by atoms with van der Waals surface area (Å²) in [6.07, 6.45) is 15.6. The van der Waals surface area contributed by atoms with E-state index in [1.165, 1.54) is 43.2 Å². The molecule has 3 fully saturated rings. The molecule has 5 rings (SSSR count). The quantitative estimate of drug-likeness (QED) is 0.544. The molecule has 4 aliphatic rings. The van der Waals surface area contributed by atoms with Crippen LogP contribution < -0.4 is 4.74 Å². The van der Waals surface area contributed by atoms with E-state index in [9.17, 15) is 4.79 Å². The largest absolute Gasteiger partial charge is 0.495 e. The Kier molecular flexibility index (Phi) is 5.85. The molecular weight excluding hydrogens is 370 g/mol. The van der Waals surface area contributed by atoms with Gasteiger partial charge in [-0.3, -0.25) is 9.78 Å². The molecule has 1 aromatic heterocycles. The number of ketones is 1. The molecule has 0 spiro atoms. The first-order chi connectivity index (χ1) is 14.5. The highest BCUT2D eigenvalue weighted by atomic mass is 16.5. The molecule has 1 heterocycles. The van der Waals surface area contributed by atoms with Crippen LogP contribution in [-0.2, 0) is 4.79 Å². The van der Waals surface area contributed by atoms with Gasteiger partial charge in [0.15, 0.2) is 0 Å². The Morgan fingerprint density at radius 3 is 2.63 bits per heavy atom. The number of Topliss-reactive ketones (excluding diaryl/α,β-unsaturated/α-hetero) is 1. The van der Waals surface area contributed by atoms with Gasteiger partial charge in [0.05, 0.1) is 13.3 Å². The van der Waals surface area contributed by atoms with E-state index < -0.39 is 0 Å². The molecule has 4 aliphatic carbocycles. The van der Waals surface area contributed by atoms with E-state index in [-0.39, 0.29) is 10.8 Å². The van der Waals surface area contributed by atoms with Crippen molar-refractivity contribution in [1.29, 1.82) is 0 Å². The molecule has 3 saturated carbocycles. The van der Waals surface area contributed by atoms with E-state index >= 15 is 0 Å². The van der Waals surface area contributed by atoms with Crippen molar-refractivity contribution < 1.29 is 9.53 Å². The number of nitrogens with zero attached hydrogens (tertiary/aromatic N) is 1. The molecule has 30 heavy (non-hydrogen) atoms. The minimum Gasteiger partial charge on any atom is -0.495 e. The topological polar surface area (TPSA) is 39.2 Å². The average molecular weight is 410 g/mol. The fraction of sp³-hybridized carbons (Fsp3) is 0.704. The molecule has 0 N–H and O–H groups in total. The van der Waals surface area contributed by atoms with Crippen molar-refractivity contribution in [1.82, 2.24) is 4.98 Å². The number of aromatic nitrogens is 1. The fourth-order valence-corrected chi connectivity index (χ4v) is 7.79. The van der Waals surface area contributed by atoms with Crippen molar-refractivity contribution in [2.75, 3.05) is 7.11 Å². The smallest absolute Gasteiger partial charge is 0.137 e. The molecule has 0 radical (unpaired) electrons. The molecular formula is C27H39NO2. The van der Waals surface area contributed by atoms with Crippen LogP contribution in [0.1, 0.15) is 84.6 Å². The van der Waals surface area contributed by atoms with Crippen molar-refractivity contribution in [2.45, 2.75) is 79.1 Å². The number of pyridine rings is 1. The van der Waals surface area contributed by atoms with Crippen LogP contribution in [-0.4, -0.2) is 17.9 Å². The summed E-state index contributed by atoms with van der Waals surface area (Å²) in [7, 11) is 1.70. The van der Waals surface area contributed by atoms with Gasteiger partial charge in [-0.05, 0) is 77.9 Å². The Morgan fingerprint density at radius 2 is 1.87 bits per heavy atom. The van der Waals surface area contributed by atoms with Gasteiger partial charge in [0, 0.05) is 18.5 Å². The van der Waals surface area contributed by atoms with Crippen LogP contribution in [0.3, 0.4) is 0 Å². The minimum absolute atomic E-state index is 0.160. The highest BCUT2D eigenvalue weighted by Gasteiger charge is 2.60. The molecule has 0 saturated heterocycles. The van der Waals surface area contributed by atoms with Gasteiger partial charge in [0.1, 0.15) is 11.5 Å². The van der Waals surface area contributed by atoms with Gasteiger partial charge < -0.3 is 4.74 Å². The maximum atomic E-state index is 13.2. The molecule has 3 nitrogen and oxygen atoms in total.